The van der Waals surface area contributed by atoms with Gasteiger partial charge in [0, 0.05) is 39.4 Å². The number of hydrogen-bond acceptors (Lipinski definition) is 4. The lowest BCUT2D eigenvalue weighted by Gasteiger charge is -2.30. The first kappa shape index (κ1) is 15.7. The Morgan fingerprint density at radius 2 is 2.21 bits per heavy atom. The smallest absolute Gasteiger partial charge is 0.236 e. The molecule has 0 spiro atoms. The van der Waals surface area contributed by atoms with Gasteiger partial charge in [0.1, 0.15) is 0 Å². The monoisotopic (exact) mass is 267 g/mol. The van der Waals surface area contributed by atoms with Crippen LogP contribution in [0, 0.1) is 0 Å². The highest BCUT2D eigenvalue weighted by molar-refractivity contribution is 5.77. The first-order chi connectivity index (χ1) is 8.99. The minimum Gasteiger partial charge on any atom is -0.348 e. The van der Waals surface area contributed by atoms with Crippen LogP contribution >= 0.6 is 0 Å². The summed E-state index contributed by atoms with van der Waals surface area (Å²) in [6, 6.07) is 0.0394. The van der Waals surface area contributed by atoms with Crippen molar-refractivity contribution in [2.24, 2.45) is 12.8 Å². The summed E-state index contributed by atoms with van der Waals surface area (Å²) in [6.45, 7) is 3.81. The molecule has 0 fully saturated rings. The van der Waals surface area contributed by atoms with E-state index in [9.17, 15) is 4.79 Å². The number of rotatable bonds is 7. The van der Waals surface area contributed by atoms with Gasteiger partial charge in [-0.2, -0.15) is 5.10 Å². The van der Waals surface area contributed by atoms with Gasteiger partial charge in [0.15, 0.2) is 0 Å². The molecule has 1 amide bonds. The molecule has 6 nitrogen and oxygen atoms in total. The van der Waals surface area contributed by atoms with E-state index in [2.05, 4.69) is 16.9 Å². The molecule has 1 rings (SSSR count). The third-order valence-electron chi connectivity index (χ3n) is 3.12. The summed E-state index contributed by atoms with van der Waals surface area (Å²) in [4.78, 5) is 15.6. The summed E-state index contributed by atoms with van der Waals surface area (Å²) in [5, 5.41) is 4.18. The van der Waals surface area contributed by atoms with Gasteiger partial charge in [-0.15, -0.1) is 0 Å². The molecule has 1 unspecified atom stereocenters. The van der Waals surface area contributed by atoms with Crippen molar-refractivity contribution in [3.63, 3.8) is 0 Å². The van der Waals surface area contributed by atoms with Gasteiger partial charge in [0.25, 0.3) is 0 Å². The number of hydrogen-bond donors (Lipinski definition) is 1. The molecule has 1 aromatic rings. The Hall–Kier alpha value is -1.40. The normalized spacial score (nSPS) is 12.7. The Morgan fingerprint density at radius 3 is 2.63 bits per heavy atom. The Labute approximate surface area is 115 Å². The van der Waals surface area contributed by atoms with Crippen molar-refractivity contribution in [2.75, 3.05) is 33.7 Å². The number of nitrogens with zero attached hydrogens (tertiary/aromatic N) is 4. The Kier molecular flexibility index (Phi) is 5.98. The van der Waals surface area contributed by atoms with Gasteiger partial charge in [-0.1, -0.05) is 6.92 Å². The molecule has 2 N–H and O–H groups in total. The number of carbonyl (C=O) groups excluding carboxylic acids is 1. The van der Waals surface area contributed by atoms with Crippen molar-refractivity contribution < 1.29 is 4.79 Å². The van der Waals surface area contributed by atoms with Crippen LogP contribution in [0.5, 0.6) is 0 Å². The highest BCUT2D eigenvalue weighted by Gasteiger charge is 2.22. The number of amides is 1. The van der Waals surface area contributed by atoms with Crippen LogP contribution in [-0.2, 0) is 11.8 Å². The van der Waals surface area contributed by atoms with E-state index in [0.717, 1.165) is 18.5 Å². The standard InChI is InChI=1S/C13H25N5O/c1-5-6-18(10-13(19)16(2)3)12(7-14)11-8-15-17(4)9-11/h8-9,12H,5-7,10,14H2,1-4H3. The molecular weight excluding hydrogens is 242 g/mol. The highest BCUT2D eigenvalue weighted by Crippen LogP contribution is 2.19. The van der Waals surface area contributed by atoms with Crippen molar-refractivity contribution in [1.29, 1.82) is 0 Å². The zero-order valence-corrected chi connectivity index (χ0v) is 12.3. The van der Waals surface area contributed by atoms with Crippen LogP contribution in [0.15, 0.2) is 12.4 Å². The van der Waals surface area contributed by atoms with Crippen LogP contribution in [0.25, 0.3) is 0 Å². The lowest BCUT2D eigenvalue weighted by Crippen LogP contribution is -2.41. The van der Waals surface area contributed by atoms with Gasteiger partial charge < -0.3 is 10.6 Å². The topological polar surface area (TPSA) is 67.4 Å². The summed E-state index contributed by atoms with van der Waals surface area (Å²) in [6.07, 6.45) is 4.76. The average Bonchev–Trinajstić information content (AvgIpc) is 2.76. The first-order valence-corrected chi connectivity index (χ1v) is 6.62. The maximum atomic E-state index is 11.9. The molecule has 0 saturated heterocycles. The van der Waals surface area contributed by atoms with Crippen molar-refractivity contribution in [1.82, 2.24) is 19.6 Å². The van der Waals surface area contributed by atoms with Crippen molar-refractivity contribution in [3.05, 3.63) is 18.0 Å². The molecule has 0 aliphatic carbocycles. The third-order valence-corrected chi connectivity index (χ3v) is 3.12. The highest BCUT2D eigenvalue weighted by atomic mass is 16.2. The predicted octanol–water partition coefficient (Wildman–Crippen LogP) is 0.220. The predicted molar refractivity (Wildman–Crippen MR) is 75.6 cm³/mol. The summed E-state index contributed by atoms with van der Waals surface area (Å²) in [5.41, 5.74) is 6.95. The minimum absolute atomic E-state index is 0.0394. The van der Waals surface area contributed by atoms with Crippen LogP contribution in [0.4, 0.5) is 0 Å². The molecule has 0 aliphatic rings. The van der Waals surface area contributed by atoms with E-state index in [1.54, 1.807) is 23.7 Å². The number of likely N-dealkylation sites (N-methyl/N-ethyl adjacent to an activating group) is 1. The molecule has 6 heteroatoms. The van der Waals surface area contributed by atoms with Crippen molar-refractivity contribution in [3.8, 4) is 0 Å². The molecule has 0 saturated carbocycles. The third kappa shape index (κ3) is 4.33. The summed E-state index contributed by atoms with van der Waals surface area (Å²) in [5.74, 6) is 0.0933. The number of aryl methyl sites for hydroxylation is 1. The number of carbonyl (C=O) groups is 1. The number of aromatic nitrogens is 2. The van der Waals surface area contributed by atoms with Gasteiger partial charge in [0.05, 0.1) is 18.8 Å². The Balaban J connectivity index is 2.85. The maximum absolute atomic E-state index is 11.9. The quantitative estimate of drug-likeness (QED) is 0.767. The van der Waals surface area contributed by atoms with Gasteiger partial charge in [0.2, 0.25) is 5.91 Å². The zero-order valence-electron chi connectivity index (χ0n) is 12.3. The fourth-order valence-electron chi connectivity index (χ4n) is 2.06. The minimum atomic E-state index is 0.0394. The average molecular weight is 267 g/mol. The van der Waals surface area contributed by atoms with Gasteiger partial charge in [-0.25, -0.2) is 0 Å². The SMILES string of the molecule is CCCN(CC(=O)N(C)C)C(CN)c1cnn(C)c1. The van der Waals surface area contributed by atoms with E-state index >= 15 is 0 Å². The van der Waals surface area contributed by atoms with E-state index in [1.807, 2.05) is 19.4 Å². The largest absolute Gasteiger partial charge is 0.348 e. The molecule has 0 aromatic carbocycles. The van der Waals surface area contributed by atoms with E-state index in [0.29, 0.717) is 13.1 Å². The molecule has 1 heterocycles. The van der Waals surface area contributed by atoms with Gasteiger partial charge >= 0.3 is 0 Å². The summed E-state index contributed by atoms with van der Waals surface area (Å²) in [7, 11) is 5.42. The van der Waals surface area contributed by atoms with Crippen LogP contribution in [0.2, 0.25) is 0 Å². The van der Waals surface area contributed by atoms with Gasteiger partial charge in [-0.05, 0) is 13.0 Å². The second-order valence-electron chi connectivity index (χ2n) is 4.96. The fraction of sp³-hybridized carbons (Fsp3) is 0.692. The fourth-order valence-corrected chi connectivity index (χ4v) is 2.06. The van der Waals surface area contributed by atoms with Crippen LogP contribution in [-0.4, -0.2) is 59.2 Å². The van der Waals surface area contributed by atoms with Crippen LogP contribution in [0.3, 0.4) is 0 Å². The lowest BCUT2D eigenvalue weighted by atomic mass is 10.1. The molecule has 19 heavy (non-hydrogen) atoms. The second kappa shape index (κ2) is 7.25. The van der Waals surface area contributed by atoms with E-state index in [4.69, 9.17) is 5.73 Å². The molecule has 1 aromatic heterocycles. The van der Waals surface area contributed by atoms with E-state index in [1.165, 1.54) is 0 Å². The Morgan fingerprint density at radius 1 is 1.53 bits per heavy atom. The molecular formula is C13H25N5O. The van der Waals surface area contributed by atoms with Crippen molar-refractivity contribution in [2.45, 2.75) is 19.4 Å². The zero-order chi connectivity index (χ0) is 14.4. The summed E-state index contributed by atoms with van der Waals surface area (Å²) < 4.78 is 1.76. The lowest BCUT2D eigenvalue weighted by molar-refractivity contribution is -0.130. The molecule has 0 bridgehead atoms. The first-order valence-electron chi connectivity index (χ1n) is 6.62. The number of nitrogens with two attached hydrogens (primary N) is 1. The van der Waals surface area contributed by atoms with Crippen LogP contribution in [0.1, 0.15) is 24.9 Å². The van der Waals surface area contributed by atoms with E-state index in [-0.39, 0.29) is 11.9 Å². The molecule has 108 valence electrons. The molecule has 0 radical (unpaired) electrons. The van der Waals surface area contributed by atoms with Crippen molar-refractivity contribution >= 4 is 5.91 Å². The Bertz CT molecular complexity index is 401. The van der Waals surface area contributed by atoms with Crippen LogP contribution < -0.4 is 5.73 Å². The molecule has 1 atom stereocenters. The second-order valence-corrected chi connectivity index (χ2v) is 4.96. The van der Waals surface area contributed by atoms with Gasteiger partial charge in [-0.3, -0.25) is 14.4 Å². The molecule has 0 aliphatic heterocycles. The summed E-state index contributed by atoms with van der Waals surface area (Å²) >= 11 is 0. The maximum Gasteiger partial charge on any atom is 0.236 e. The van der Waals surface area contributed by atoms with E-state index < -0.39 is 0 Å².